The molecule has 6 heteroatoms. The lowest BCUT2D eigenvalue weighted by Crippen LogP contribution is -2.09. The number of rotatable bonds is 2. The van der Waals surface area contributed by atoms with Gasteiger partial charge < -0.3 is 0 Å². The molecule has 1 rings (SSSR count). The quantitative estimate of drug-likeness (QED) is 0.609. The number of hydrogen-bond acceptors (Lipinski definition) is 2. The zero-order chi connectivity index (χ0) is 10.8. The average Bonchev–Trinajstić information content (AvgIpc) is 2.15. The van der Waals surface area contributed by atoms with Crippen molar-refractivity contribution in [1.82, 2.24) is 4.98 Å². The van der Waals surface area contributed by atoms with Gasteiger partial charge >= 0.3 is 6.18 Å². The monoisotopic (exact) mass is 267 g/mol. The molecule has 0 aromatic carbocycles. The van der Waals surface area contributed by atoms with Crippen LogP contribution in [0, 0.1) is 0 Å². The summed E-state index contributed by atoms with van der Waals surface area (Å²) in [7, 11) is 0. The lowest BCUT2D eigenvalue weighted by molar-refractivity contribution is -0.137. The molecule has 0 N–H and O–H groups in total. The summed E-state index contributed by atoms with van der Waals surface area (Å²) in [5.74, 6) is -0.476. The van der Waals surface area contributed by atoms with Crippen molar-refractivity contribution in [2.24, 2.45) is 0 Å². The van der Waals surface area contributed by atoms with Crippen LogP contribution in [-0.2, 0) is 6.18 Å². The minimum atomic E-state index is -4.44. The van der Waals surface area contributed by atoms with Crippen LogP contribution in [0.2, 0.25) is 0 Å². The first kappa shape index (κ1) is 11.2. The van der Waals surface area contributed by atoms with Crippen molar-refractivity contribution in [3.05, 3.63) is 29.6 Å². The number of hydrogen-bond donors (Lipinski definition) is 0. The second kappa shape index (κ2) is 4.08. The minimum absolute atomic E-state index is 0.0404. The van der Waals surface area contributed by atoms with Crippen LogP contribution in [0.5, 0.6) is 0 Å². The lowest BCUT2D eigenvalue weighted by atomic mass is 10.2. The number of carbonyl (C=O) groups excluding carboxylic acids is 1. The zero-order valence-electron chi connectivity index (χ0n) is 6.81. The molecule has 0 aliphatic heterocycles. The maximum atomic E-state index is 12.2. The lowest BCUT2D eigenvalue weighted by Gasteiger charge is -2.06. The van der Waals surface area contributed by atoms with Crippen molar-refractivity contribution >= 4 is 21.7 Å². The van der Waals surface area contributed by atoms with Gasteiger partial charge in [0.2, 0.25) is 0 Å². The predicted octanol–water partition coefficient (Wildman–Crippen LogP) is 2.68. The standard InChI is InChI=1S/C8H5BrF3NO/c9-4-7(14)6-3-5(1-2-13-6)8(10,11)12/h1-3H,4H2. The molecule has 0 amide bonds. The van der Waals surface area contributed by atoms with E-state index in [1.807, 2.05) is 0 Å². The van der Waals surface area contributed by atoms with Gasteiger partial charge in [-0.3, -0.25) is 9.78 Å². The fourth-order valence-electron chi connectivity index (χ4n) is 0.828. The summed E-state index contributed by atoms with van der Waals surface area (Å²) in [6, 6.07) is 1.56. The predicted molar refractivity (Wildman–Crippen MR) is 47.4 cm³/mol. The van der Waals surface area contributed by atoms with Crippen LogP contribution in [0.15, 0.2) is 18.3 Å². The molecule has 0 radical (unpaired) electrons. The maximum Gasteiger partial charge on any atom is 0.416 e. The molecule has 0 aliphatic rings. The first-order valence-corrected chi connectivity index (χ1v) is 4.69. The molecule has 0 saturated carbocycles. The Morgan fingerprint density at radius 3 is 2.64 bits per heavy atom. The van der Waals surface area contributed by atoms with Gasteiger partial charge in [-0.2, -0.15) is 13.2 Å². The van der Waals surface area contributed by atoms with E-state index in [1.54, 1.807) is 0 Å². The van der Waals surface area contributed by atoms with E-state index in [0.717, 1.165) is 18.3 Å². The highest BCUT2D eigenvalue weighted by Gasteiger charge is 2.31. The van der Waals surface area contributed by atoms with E-state index in [4.69, 9.17) is 0 Å². The molecule has 1 aromatic heterocycles. The summed E-state index contributed by atoms with van der Waals surface area (Å²) in [6.45, 7) is 0. The van der Waals surface area contributed by atoms with Crippen molar-refractivity contribution in [2.45, 2.75) is 6.18 Å². The van der Waals surface area contributed by atoms with Crippen molar-refractivity contribution in [2.75, 3.05) is 5.33 Å². The molecule has 0 bridgehead atoms. The van der Waals surface area contributed by atoms with Crippen LogP contribution in [0.4, 0.5) is 13.2 Å². The van der Waals surface area contributed by atoms with E-state index >= 15 is 0 Å². The third kappa shape index (κ3) is 2.54. The van der Waals surface area contributed by atoms with Crippen molar-refractivity contribution in [3.63, 3.8) is 0 Å². The van der Waals surface area contributed by atoms with Gasteiger partial charge in [0.15, 0.2) is 5.78 Å². The summed E-state index contributed by atoms with van der Waals surface area (Å²) >= 11 is 2.86. The van der Waals surface area contributed by atoms with Crippen molar-refractivity contribution in [1.29, 1.82) is 0 Å². The average molecular weight is 268 g/mol. The minimum Gasteiger partial charge on any atom is -0.291 e. The third-order valence-electron chi connectivity index (χ3n) is 1.49. The van der Waals surface area contributed by atoms with Gasteiger partial charge in [-0.05, 0) is 12.1 Å². The SMILES string of the molecule is O=C(CBr)c1cc(C(F)(F)F)ccn1. The fourth-order valence-corrected chi connectivity index (χ4v) is 1.12. The molecule has 2 nitrogen and oxygen atoms in total. The molecule has 1 heterocycles. The first-order chi connectivity index (χ1) is 6.45. The first-order valence-electron chi connectivity index (χ1n) is 3.57. The molecule has 0 fully saturated rings. The van der Waals surface area contributed by atoms with E-state index in [0.29, 0.717) is 0 Å². The summed E-state index contributed by atoms with van der Waals surface area (Å²) in [5.41, 5.74) is -1.05. The topological polar surface area (TPSA) is 30.0 Å². The molecule has 1 aromatic rings. The molecular formula is C8H5BrF3NO. The Balaban J connectivity index is 3.08. The smallest absolute Gasteiger partial charge is 0.291 e. The van der Waals surface area contributed by atoms with Crippen molar-refractivity contribution in [3.8, 4) is 0 Å². The second-order valence-electron chi connectivity index (χ2n) is 2.48. The fraction of sp³-hybridized carbons (Fsp3) is 0.250. The highest BCUT2D eigenvalue weighted by molar-refractivity contribution is 9.09. The van der Waals surface area contributed by atoms with Gasteiger partial charge in [-0.25, -0.2) is 0 Å². The number of halogens is 4. The van der Waals surface area contributed by atoms with Crippen LogP contribution in [0.1, 0.15) is 16.1 Å². The van der Waals surface area contributed by atoms with Gasteiger partial charge in [0.05, 0.1) is 10.9 Å². The summed E-state index contributed by atoms with van der Waals surface area (Å²) in [4.78, 5) is 14.6. The Morgan fingerprint density at radius 2 is 2.14 bits per heavy atom. The number of Topliss-reactive ketones (excluding diaryl/α,β-unsaturated/α-hetero) is 1. The van der Waals surface area contributed by atoms with E-state index in [1.165, 1.54) is 0 Å². The molecule has 0 unspecified atom stereocenters. The van der Waals surface area contributed by atoms with E-state index < -0.39 is 17.5 Å². The molecule has 76 valence electrons. The molecule has 0 saturated heterocycles. The van der Waals surface area contributed by atoms with Gasteiger partial charge in [0, 0.05) is 6.20 Å². The Kier molecular flexibility index (Phi) is 3.25. The van der Waals surface area contributed by atoms with Gasteiger partial charge in [0.25, 0.3) is 0 Å². The summed E-state index contributed by atoms with van der Waals surface area (Å²) in [5, 5.41) is -0.0404. The van der Waals surface area contributed by atoms with Gasteiger partial charge in [-0.15, -0.1) is 0 Å². The van der Waals surface area contributed by atoms with Gasteiger partial charge in [0.1, 0.15) is 5.69 Å². The Morgan fingerprint density at radius 1 is 1.50 bits per heavy atom. The van der Waals surface area contributed by atoms with Crippen molar-refractivity contribution < 1.29 is 18.0 Å². The Labute approximate surface area is 86.3 Å². The highest BCUT2D eigenvalue weighted by Crippen LogP contribution is 2.29. The van der Waals surface area contributed by atoms with Crippen LogP contribution in [0.3, 0.4) is 0 Å². The van der Waals surface area contributed by atoms with Crippen LogP contribution >= 0.6 is 15.9 Å². The molecule has 0 spiro atoms. The number of alkyl halides is 4. The number of nitrogens with zero attached hydrogens (tertiary/aromatic N) is 1. The number of aromatic nitrogens is 1. The van der Waals surface area contributed by atoms with E-state index in [2.05, 4.69) is 20.9 Å². The summed E-state index contributed by atoms with van der Waals surface area (Å²) in [6.07, 6.45) is -3.47. The molecule has 0 aliphatic carbocycles. The second-order valence-corrected chi connectivity index (χ2v) is 3.05. The number of pyridine rings is 1. The van der Waals surface area contributed by atoms with E-state index in [-0.39, 0.29) is 11.0 Å². The normalized spacial score (nSPS) is 11.4. The molecular weight excluding hydrogens is 263 g/mol. The summed E-state index contributed by atoms with van der Waals surface area (Å²) < 4.78 is 36.6. The van der Waals surface area contributed by atoms with E-state index in [9.17, 15) is 18.0 Å². The number of carbonyl (C=O) groups is 1. The van der Waals surface area contributed by atoms with Crippen LogP contribution in [0.25, 0.3) is 0 Å². The largest absolute Gasteiger partial charge is 0.416 e. The molecule has 14 heavy (non-hydrogen) atoms. The third-order valence-corrected chi connectivity index (χ3v) is 2.00. The molecule has 0 atom stereocenters. The number of ketones is 1. The van der Waals surface area contributed by atoms with Gasteiger partial charge in [-0.1, -0.05) is 15.9 Å². The zero-order valence-corrected chi connectivity index (χ0v) is 8.39. The Bertz CT molecular complexity index is 351. The van der Waals surface area contributed by atoms with Crippen LogP contribution in [-0.4, -0.2) is 16.1 Å². The highest BCUT2D eigenvalue weighted by atomic mass is 79.9. The van der Waals surface area contributed by atoms with Crippen LogP contribution < -0.4 is 0 Å². The maximum absolute atomic E-state index is 12.2. The Hall–Kier alpha value is -0.910.